The van der Waals surface area contributed by atoms with Gasteiger partial charge in [0.2, 0.25) is 5.91 Å². The largest absolute Gasteiger partial charge is 0.493 e. The molecule has 0 fully saturated rings. The zero-order valence-corrected chi connectivity index (χ0v) is 13.5. The van der Waals surface area contributed by atoms with Crippen molar-refractivity contribution in [3.05, 3.63) is 69.8 Å². The summed E-state index contributed by atoms with van der Waals surface area (Å²) in [6.45, 7) is 2.13. The van der Waals surface area contributed by atoms with E-state index in [4.69, 9.17) is 4.74 Å². The van der Waals surface area contributed by atoms with E-state index >= 15 is 0 Å². The van der Waals surface area contributed by atoms with E-state index in [1.165, 1.54) is 24.3 Å². The number of nitro groups is 1. The minimum absolute atomic E-state index is 0.0639. The zero-order valence-electron chi connectivity index (χ0n) is 13.5. The number of aryl methyl sites for hydroxylation is 1. The van der Waals surface area contributed by atoms with Gasteiger partial charge < -0.3 is 4.74 Å². The minimum Gasteiger partial charge on any atom is -0.493 e. The van der Waals surface area contributed by atoms with E-state index < -0.39 is 16.7 Å². The van der Waals surface area contributed by atoms with Gasteiger partial charge in [0.15, 0.2) is 0 Å². The summed E-state index contributed by atoms with van der Waals surface area (Å²) in [4.78, 5) is 33.5. The Morgan fingerprint density at radius 1 is 1.04 bits per heavy atom. The first-order valence-electron chi connectivity index (χ1n) is 7.49. The molecular weight excluding hydrogens is 326 g/mol. The van der Waals surface area contributed by atoms with Gasteiger partial charge in [-0.2, -0.15) is 0 Å². The molecule has 8 heteroatoms. The average Bonchev–Trinajstić information content (AvgIpc) is 2.61. The van der Waals surface area contributed by atoms with E-state index in [9.17, 15) is 19.7 Å². The fraction of sp³-hybridized carbons (Fsp3) is 0.176. The molecule has 25 heavy (non-hydrogen) atoms. The van der Waals surface area contributed by atoms with E-state index in [0.717, 1.165) is 5.56 Å². The van der Waals surface area contributed by atoms with Crippen molar-refractivity contribution in [1.29, 1.82) is 0 Å². The van der Waals surface area contributed by atoms with Gasteiger partial charge in [0.05, 0.1) is 18.0 Å². The molecule has 0 aliphatic rings. The first kappa shape index (κ1) is 17.9. The number of nitrogens with zero attached hydrogens (tertiary/aromatic N) is 1. The molecule has 2 N–H and O–H groups in total. The lowest BCUT2D eigenvalue weighted by molar-refractivity contribution is -0.384. The number of nitrogens with one attached hydrogen (secondary N) is 2. The van der Waals surface area contributed by atoms with Crippen molar-refractivity contribution in [2.24, 2.45) is 0 Å². The van der Waals surface area contributed by atoms with Crippen LogP contribution in [0.15, 0.2) is 48.5 Å². The molecule has 0 unspecified atom stereocenters. The predicted octanol–water partition coefficient (Wildman–Crippen LogP) is 2.13. The van der Waals surface area contributed by atoms with Crippen LogP contribution in [0.3, 0.4) is 0 Å². The van der Waals surface area contributed by atoms with Gasteiger partial charge in [0.25, 0.3) is 11.6 Å². The van der Waals surface area contributed by atoms with Crippen LogP contribution in [0, 0.1) is 17.0 Å². The van der Waals surface area contributed by atoms with Crippen molar-refractivity contribution in [2.75, 3.05) is 6.61 Å². The van der Waals surface area contributed by atoms with Crippen molar-refractivity contribution in [2.45, 2.75) is 13.3 Å². The third kappa shape index (κ3) is 5.61. The molecule has 0 spiro atoms. The Morgan fingerprint density at radius 3 is 2.28 bits per heavy atom. The number of hydrogen-bond acceptors (Lipinski definition) is 5. The summed E-state index contributed by atoms with van der Waals surface area (Å²) in [6.07, 6.45) is 0.0639. The molecule has 0 atom stereocenters. The smallest absolute Gasteiger partial charge is 0.269 e. The summed E-state index contributed by atoms with van der Waals surface area (Å²) in [6, 6.07) is 12.5. The third-order valence-corrected chi connectivity index (χ3v) is 3.27. The highest BCUT2D eigenvalue weighted by molar-refractivity contribution is 5.95. The number of hydrazine groups is 1. The molecule has 0 aliphatic heterocycles. The lowest BCUT2D eigenvalue weighted by atomic mass is 10.2. The second kappa shape index (κ2) is 8.44. The Labute approximate surface area is 143 Å². The maximum absolute atomic E-state index is 11.8. The minimum atomic E-state index is -0.567. The quantitative estimate of drug-likeness (QED) is 0.616. The first-order chi connectivity index (χ1) is 12.0. The van der Waals surface area contributed by atoms with Crippen molar-refractivity contribution in [3.8, 4) is 5.75 Å². The summed E-state index contributed by atoms with van der Waals surface area (Å²) in [5, 5.41) is 10.6. The predicted molar refractivity (Wildman–Crippen MR) is 90.0 cm³/mol. The van der Waals surface area contributed by atoms with Crippen molar-refractivity contribution >= 4 is 17.5 Å². The van der Waals surface area contributed by atoms with E-state index in [1.54, 1.807) is 0 Å². The Morgan fingerprint density at radius 2 is 1.68 bits per heavy atom. The Balaban J connectivity index is 1.72. The van der Waals surface area contributed by atoms with Crippen molar-refractivity contribution in [3.63, 3.8) is 0 Å². The van der Waals surface area contributed by atoms with Crippen LogP contribution in [0.2, 0.25) is 0 Å². The number of benzene rings is 2. The first-order valence-corrected chi connectivity index (χ1v) is 7.49. The maximum atomic E-state index is 11.8. The fourth-order valence-corrected chi connectivity index (χ4v) is 1.89. The number of amides is 2. The van der Waals surface area contributed by atoms with Crippen LogP contribution in [0.25, 0.3) is 0 Å². The van der Waals surface area contributed by atoms with Crippen LogP contribution in [0.5, 0.6) is 5.75 Å². The molecule has 0 saturated carbocycles. The zero-order chi connectivity index (χ0) is 18.2. The summed E-state index contributed by atoms with van der Waals surface area (Å²) >= 11 is 0. The highest BCUT2D eigenvalue weighted by Gasteiger charge is 2.10. The summed E-state index contributed by atoms with van der Waals surface area (Å²) in [7, 11) is 0. The van der Waals surface area contributed by atoms with Gasteiger partial charge in [-0.15, -0.1) is 0 Å². The van der Waals surface area contributed by atoms with Crippen LogP contribution in [0.4, 0.5) is 5.69 Å². The molecule has 0 bridgehead atoms. The number of nitro benzene ring substituents is 1. The molecule has 2 aromatic carbocycles. The van der Waals surface area contributed by atoms with E-state index in [0.29, 0.717) is 5.75 Å². The van der Waals surface area contributed by atoms with Crippen LogP contribution in [-0.4, -0.2) is 23.3 Å². The fourth-order valence-electron chi connectivity index (χ4n) is 1.89. The van der Waals surface area contributed by atoms with Gasteiger partial charge in [-0.1, -0.05) is 17.7 Å². The average molecular weight is 343 g/mol. The molecule has 8 nitrogen and oxygen atoms in total. The number of ether oxygens (including phenoxy) is 1. The molecule has 2 rings (SSSR count). The van der Waals surface area contributed by atoms with Crippen molar-refractivity contribution in [1.82, 2.24) is 10.9 Å². The van der Waals surface area contributed by atoms with Gasteiger partial charge in [-0.25, -0.2) is 0 Å². The SMILES string of the molecule is Cc1ccc(OCCC(=O)NNC(=O)c2ccc([N+](=O)[O-])cc2)cc1. The molecule has 0 heterocycles. The van der Waals surface area contributed by atoms with Gasteiger partial charge in [0.1, 0.15) is 5.75 Å². The summed E-state index contributed by atoms with van der Waals surface area (Å²) in [5.74, 6) is -0.321. The lowest BCUT2D eigenvalue weighted by Gasteiger charge is -2.08. The second-order valence-corrected chi connectivity index (χ2v) is 5.22. The highest BCUT2D eigenvalue weighted by Crippen LogP contribution is 2.12. The number of non-ortho nitro benzene ring substituents is 1. The van der Waals surface area contributed by atoms with Gasteiger partial charge in [-0.3, -0.25) is 30.6 Å². The molecule has 2 aromatic rings. The summed E-state index contributed by atoms with van der Waals surface area (Å²) < 4.78 is 5.42. The molecule has 130 valence electrons. The van der Waals surface area contributed by atoms with Crippen LogP contribution >= 0.6 is 0 Å². The molecule has 0 aromatic heterocycles. The number of hydrogen-bond donors (Lipinski definition) is 2. The molecule has 2 amide bonds. The van der Waals surface area contributed by atoms with Gasteiger partial charge in [-0.05, 0) is 31.2 Å². The van der Waals surface area contributed by atoms with E-state index in [1.807, 2.05) is 31.2 Å². The van der Waals surface area contributed by atoms with Crippen LogP contribution < -0.4 is 15.6 Å². The lowest BCUT2D eigenvalue weighted by Crippen LogP contribution is -2.42. The van der Waals surface area contributed by atoms with E-state index in [-0.39, 0.29) is 24.3 Å². The highest BCUT2D eigenvalue weighted by atomic mass is 16.6. The molecular formula is C17H17N3O5. The summed E-state index contributed by atoms with van der Waals surface area (Å²) in [5.41, 5.74) is 5.69. The van der Waals surface area contributed by atoms with Crippen LogP contribution in [-0.2, 0) is 4.79 Å². The maximum Gasteiger partial charge on any atom is 0.269 e. The monoisotopic (exact) mass is 343 g/mol. The van der Waals surface area contributed by atoms with Crippen LogP contribution in [0.1, 0.15) is 22.3 Å². The van der Waals surface area contributed by atoms with Gasteiger partial charge >= 0.3 is 0 Å². The van der Waals surface area contributed by atoms with E-state index in [2.05, 4.69) is 10.9 Å². The van der Waals surface area contributed by atoms with Gasteiger partial charge in [0, 0.05) is 17.7 Å². The molecule has 0 aliphatic carbocycles. The molecule has 0 saturated heterocycles. The Bertz CT molecular complexity index is 757. The molecule has 0 radical (unpaired) electrons. The van der Waals surface area contributed by atoms with Crippen molar-refractivity contribution < 1.29 is 19.2 Å². The second-order valence-electron chi connectivity index (χ2n) is 5.22. The Kier molecular flexibility index (Phi) is 6.05. The standard InChI is InChI=1S/C17H17N3O5/c1-12-2-8-15(9-3-12)25-11-10-16(21)18-19-17(22)13-4-6-14(7-5-13)20(23)24/h2-9H,10-11H2,1H3,(H,18,21)(H,19,22). The number of rotatable bonds is 6. The number of carbonyl (C=O) groups is 2. The topological polar surface area (TPSA) is 111 Å². The Hall–Kier alpha value is -3.42. The third-order valence-electron chi connectivity index (χ3n) is 3.27. The normalized spacial score (nSPS) is 9.96. The number of carbonyl (C=O) groups excluding carboxylic acids is 2.